The molecular weight excluding hydrogens is 403 g/mol. The van der Waals surface area contributed by atoms with Crippen LogP contribution in [0.2, 0.25) is 10.0 Å². The zero-order valence-corrected chi connectivity index (χ0v) is 18.3. The summed E-state index contributed by atoms with van der Waals surface area (Å²) in [7, 11) is 0. The monoisotopic (exact) mass is 430 g/mol. The number of likely N-dealkylation sites (tertiary alicyclic amines) is 1. The molecule has 2 unspecified atom stereocenters. The summed E-state index contributed by atoms with van der Waals surface area (Å²) in [6.45, 7) is 8.88. The summed E-state index contributed by atoms with van der Waals surface area (Å²) in [6.07, 6.45) is 0.721. The highest BCUT2D eigenvalue weighted by atomic mass is 35.5. The molecule has 0 aliphatic carbocycles. The van der Waals surface area contributed by atoms with Crippen LogP contribution in [0, 0.1) is 5.92 Å². The van der Waals surface area contributed by atoms with Crippen molar-refractivity contribution < 1.29 is 19.1 Å². The van der Waals surface area contributed by atoms with E-state index in [1.54, 1.807) is 30.0 Å². The molecule has 1 saturated heterocycles. The van der Waals surface area contributed by atoms with E-state index in [4.69, 9.17) is 32.7 Å². The summed E-state index contributed by atoms with van der Waals surface area (Å²) >= 11 is 12.0. The molecular formula is C20H28Cl2N2O4. The third-order valence-corrected chi connectivity index (χ3v) is 4.70. The highest BCUT2D eigenvalue weighted by molar-refractivity contribution is 6.34. The van der Waals surface area contributed by atoms with Gasteiger partial charge in [0.2, 0.25) is 0 Å². The van der Waals surface area contributed by atoms with E-state index in [0.29, 0.717) is 35.4 Å². The number of alkyl carbamates (subject to hydrolysis) is 1. The fraction of sp³-hybridized carbons (Fsp3) is 0.600. The van der Waals surface area contributed by atoms with Gasteiger partial charge in [-0.05, 0) is 64.7 Å². The lowest BCUT2D eigenvalue weighted by molar-refractivity contribution is -0.139. The minimum Gasteiger partial charge on any atom is -0.481 e. The summed E-state index contributed by atoms with van der Waals surface area (Å²) in [5, 5.41) is 3.69. The molecule has 2 atom stereocenters. The average molecular weight is 431 g/mol. The second-order valence-electron chi connectivity index (χ2n) is 8.04. The number of benzene rings is 1. The first kappa shape index (κ1) is 22.6. The fourth-order valence-electron chi connectivity index (χ4n) is 3.08. The van der Waals surface area contributed by atoms with Crippen LogP contribution in [0.1, 0.15) is 40.5 Å². The summed E-state index contributed by atoms with van der Waals surface area (Å²) in [6, 6.07) is 4.86. The lowest BCUT2D eigenvalue weighted by Crippen LogP contribution is -2.48. The van der Waals surface area contributed by atoms with Crippen molar-refractivity contribution in [2.24, 2.45) is 5.92 Å². The standard InChI is InChI=1S/C20H28Cl2N2O4/c1-13(27-17-9-15(21)8-16(22)10-17)18(25)24-7-5-6-14(12-24)11-23-19(26)28-20(2,3)4/h8-10,13-14H,5-7,11-12H2,1-4H3,(H,23,26). The third-order valence-electron chi connectivity index (χ3n) is 4.26. The number of hydrogen-bond donors (Lipinski definition) is 1. The molecule has 1 aromatic carbocycles. The highest BCUT2D eigenvalue weighted by Gasteiger charge is 2.28. The van der Waals surface area contributed by atoms with Gasteiger partial charge >= 0.3 is 6.09 Å². The molecule has 8 heteroatoms. The van der Waals surface area contributed by atoms with Crippen LogP contribution in [0.15, 0.2) is 18.2 Å². The van der Waals surface area contributed by atoms with Gasteiger partial charge in [-0.1, -0.05) is 23.2 Å². The first-order chi connectivity index (χ1) is 13.0. The van der Waals surface area contributed by atoms with E-state index in [-0.39, 0.29) is 11.8 Å². The van der Waals surface area contributed by atoms with Crippen molar-refractivity contribution >= 4 is 35.2 Å². The van der Waals surface area contributed by atoms with Crippen LogP contribution in [0.4, 0.5) is 4.79 Å². The van der Waals surface area contributed by atoms with E-state index in [1.807, 2.05) is 20.8 Å². The van der Waals surface area contributed by atoms with E-state index in [2.05, 4.69) is 5.32 Å². The van der Waals surface area contributed by atoms with Crippen molar-refractivity contribution in [1.29, 1.82) is 0 Å². The van der Waals surface area contributed by atoms with Crippen LogP contribution in [-0.2, 0) is 9.53 Å². The summed E-state index contributed by atoms with van der Waals surface area (Å²) in [5.74, 6) is 0.537. The maximum absolute atomic E-state index is 12.8. The van der Waals surface area contributed by atoms with E-state index in [0.717, 1.165) is 12.8 Å². The van der Waals surface area contributed by atoms with Gasteiger partial charge in [-0.3, -0.25) is 4.79 Å². The van der Waals surface area contributed by atoms with Crippen molar-refractivity contribution in [3.05, 3.63) is 28.2 Å². The van der Waals surface area contributed by atoms with Gasteiger partial charge in [0.25, 0.3) is 5.91 Å². The molecule has 1 heterocycles. The Kier molecular flexibility index (Phi) is 7.84. The van der Waals surface area contributed by atoms with Gasteiger partial charge in [0.15, 0.2) is 6.10 Å². The van der Waals surface area contributed by atoms with Gasteiger partial charge in [-0.15, -0.1) is 0 Å². The Balaban J connectivity index is 1.86. The number of amides is 2. The molecule has 6 nitrogen and oxygen atoms in total. The molecule has 1 aromatic rings. The minimum absolute atomic E-state index is 0.0990. The zero-order valence-electron chi connectivity index (χ0n) is 16.8. The number of nitrogens with one attached hydrogen (secondary N) is 1. The average Bonchev–Trinajstić information content (AvgIpc) is 2.57. The lowest BCUT2D eigenvalue weighted by atomic mass is 9.97. The molecule has 1 aliphatic rings. The SMILES string of the molecule is CC(Oc1cc(Cl)cc(Cl)c1)C(=O)N1CCCC(CNC(=O)OC(C)(C)C)C1. The number of ether oxygens (including phenoxy) is 2. The number of rotatable bonds is 5. The molecule has 0 bridgehead atoms. The first-order valence-corrected chi connectivity index (χ1v) is 10.2. The van der Waals surface area contributed by atoms with Crippen molar-refractivity contribution in [3.63, 3.8) is 0 Å². The Labute approximate surface area is 176 Å². The Hall–Kier alpha value is -1.66. The van der Waals surface area contributed by atoms with E-state index in [1.165, 1.54) is 0 Å². The Morgan fingerprint density at radius 3 is 2.50 bits per heavy atom. The number of carbonyl (C=O) groups is 2. The van der Waals surface area contributed by atoms with Crippen molar-refractivity contribution in [1.82, 2.24) is 10.2 Å². The summed E-state index contributed by atoms with van der Waals surface area (Å²) in [5.41, 5.74) is -0.533. The van der Waals surface area contributed by atoms with Crippen LogP contribution in [-0.4, -0.2) is 48.2 Å². The molecule has 156 valence electrons. The normalized spacial score (nSPS) is 18.4. The van der Waals surface area contributed by atoms with Crippen molar-refractivity contribution in [2.45, 2.75) is 52.2 Å². The second kappa shape index (κ2) is 9.70. The van der Waals surface area contributed by atoms with E-state index < -0.39 is 17.8 Å². The van der Waals surface area contributed by atoms with E-state index in [9.17, 15) is 9.59 Å². The number of piperidine rings is 1. The highest BCUT2D eigenvalue weighted by Crippen LogP contribution is 2.25. The van der Waals surface area contributed by atoms with Gasteiger partial charge in [0.05, 0.1) is 0 Å². The molecule has 1 fully saturated rings. The molecule has 2 amide bonds. The first-order valence-electron chi connectivity index (χ1n) is 9.42. The summed E-state index contributed by atoms with van der Waals surface area (Å²) in [4.78, 5) is 26.4. The van der Waals surface area contributed by atoms with E-state index >= 15 is 0 Å². The van der Waals surface area contributed by atoms with Gasteiger partial charge in [-0.2, -0.15) is 0 Å². The predicted molar refractivity (Wildman–Crippen MR) is 110 cm³/mol. The smallest absolute Gasteiger partial charge is 0.407 e. The Morgan fingerprint density at radius 2 is 1.89 bits per heavy atom. The Bertz CT molecular complexity index is 686. The molecule has 2 rings (SSSR count). The van der Waals surface area contributed by atoms with Crippen LogP contribution >= 0.6 is 23.2 Å². The van der Waals surface area contributed by atoms with Crippen molar-refractivity contribution in [3.8, 4) is 5.75 Å². The third kappa shape index (κ3) is 7.40. The van der Waals surface area contributed by atoms with Crippen molar-refractivity contribution in [2.75, 3.05) is 19.6 Å². The van der Waals surface area contributed by atoms with Gasteiger partial charge in [-0.25, -0.2) is 4.79 Å². The second-order valence-corrected chi connectivity index (χ2v) is 8.91. The number of hydrogen-bond acceptors (Lipinski definition) is 4. The van der Waals surface area contributed by atoms with Gasteiger partial charge in [0, 0.05) is 29.7 Å². The van der Waals surface area contributed by atoms with Gasteiger partial charge in [0.1, 0.15) is 11.4 Å². The largest absolute Gasteiger partial charge is 0.481 e. The maximum atomic E-state index is 12.8. The minimum atomic E-state index is -0.660. The fourth-order valence-corrected chi connectivity index (χ4v) is 3.59. The lowest BCUT2D eigenvalue weighted by Gasteiger charge is -2.34. The molecule has 0 aromatic heterocycles. The van der Waals surface area contributed by atoms with Crippen LogP contribution in [0.25, 0.3) is 0 Å². The molecule has 0 saturated carbocycles. The van der Waals surface area contributed by atoms with Crippen LogP contribution in [0.5, 0.6) is 5.75 Å². The molecule has 28 heavy (non-hydrogen) atoms. The molecule has 0 spiro atoms. The van der Waals surface area contributed by atoms with Crippen LogP contribution < -0.4 is 10.1 Å². The molecule has 1 N–H and O–H groups in total. The molecule has 0 radical (unpaired) electrons. The number of nitrogens with zero attached hydrogens (tertiary/aromatic N) is 1. The summed E-state index contributed by atoms with van der Waals surface area (Å²) < 4.78 is 11.0. The Morgan fingerprint density at radius 1 is 1.25 bits per heavy atom. The zero-order chi connectivity index (χ0) is 20.9. The number of carbonyl (C=O) groups excluding carboxylic acids is 2. The van der Waals surface area contributed by atoms with Crippen LogP contribution in [0.3, 0.4) is 0 Å². The van der Waals surface area contributed by atoms with Gasteiger partial charge < -0.3 is 19.7 Å². The topological polar surface area (TPSA) is 67.9 Å². The molecule has 1 aliphatic heterocycles. The maximum Gasteiger partial charge on any atom is 0.407 e. The number of halogens is 2. The predicted octanol–water partition coefficient (Wildman–Crippen LogP) is 4.52. The quantitative estimate of drug-likeness (QED) is 0.744.